The van der Waals surface area contributed by atoms with Gasteiger partial charge in [0, 0.05) is 33.8 Å². The molecule has 0 spiro atoms. The lowest BCUT2D eigenvalue weighted by Crippen LogP contribution is -2.34. The largest absolute Gasteiger partial charge is 0.395 e. The lowest BCUT2D eigenvalue weighted by molar-refractivity contribution is 0.0945. The molecule has 1 aliphatic rings. The standard InChI is InChI=1S/C33H37F2N3O2S/c1-2-30-32(23-14-18-37(19-15-23)17-3-21-41-28-11-6-25(34)7-12-28)29-13-8-26(35)22-31(29)38(30)27-9-4-24(5-10-27)33(40)36-16-20-39/h4-13,22-23,39H,2-3,14-21H2,1H3,(H,36,40). The molecule has 4 aromatic rings. The predicted molar refractivity (Wildman–Crippen MR) is 162 cm³/mol. The maximum atomic E-state index is 14.5. The van der Waals surface area contributed by atoms with Gasteiger partial charge in [0.1, 0.15) is 11.6 Å². The van der Waals surface area contributed by atoms with Crippen molar-refractivity contribution in [1.29, 1.82) is 0 Å². The summed E-state index contributed by atoms with van der Waals surface area (Å²) < 4.78 is 29.8. The minimum Gasteiger partial charge on any atom is -0.395 e. The van der Waals surface area contributed by atoms with E-state index in [9.17, 15) is 13.6 Å². The van der Waals surface area contributed by atoms with Crippen molar-refractivity contribution in [2.75, 3.05) is 38.5 Å². The number of hydrogen-bond acceptors (Lipinski definition) is 4. The summed E-state index contributed by atoms with van der Waals surface area (Å²) in [6.45, 7) is 5.35. The van der Waals surface area contributed by atoms with E-state index >= 15 is 0 Å². The number of fused-ring (bicyclic) bond motifs is 1. The van der Waals surface area contributed by atoms with E-state index in [2.05, 4.69) is 21.7 Å². The minimum absolute atomic E-state index is 0.108. The van der Waals surface area contributed by atoms with Crippen molar-refractivity contribution in [3.8, 4) is 5.69 Å². The van der Waals surface area contributed by atoms with Gasteiger partial charge in [0.05, 0.1) is 12.1 Å². The Morgan fingerprint density at radius 3 is 2.39 bits per heavy atom. The van der Waals surface area contributed by atoms with Crippen molar-refractivity contribution in [1.82, 2.24) is 14.8 Å². The van der Waals surface area contributed by atoms with Gasteiger partial charge in [-0.3, -0.25) is 4.79 Å². The van der Waals surface area contributed by atoms with Crippen molar-refractivity contribution in [3.63, 3.8) is 0 Å². The Morgan fingerprint density at radius 1 is 1.00 bits per heavy atom. The van der Waals surface area contributed by atoms with Crippen molar-refractivity contribution < 1.29 is 18.7 Å². The van der Waals surface area contributed by atoms with E-state index in [1.165, 1.54) is 23.4 Å². The molecule has 1 fully saturated rings. The number of piperidine rings is 1. The second-order valence-electron chi connectivity index (χ2n) is 10.5. The predicted octanol–water partition coefficient (Wildman–Crippen LogP) is 6.56. The van der Waals surface area contributed by atoms with Crippen molar-refractivity contribution in [2.45, 2.75) is 43.4 Å². The van der Waals surface area contributed by atoms with E-state index in [4.69, 9.17) is 5.11 Å². The van der Waals surface area contributed by atoms with Crippen LogP contribution in [0.1, 0.15) is 53.7 Å². The Kier molecular flexibility index (Phi) is 9.75. The van der Waals surface area contributed by atoms with Crippen molar-refractivity contribution in [3.05, 3.63) is 95.2 Å². The number of aliphatic hydroxyl groups is 1. The molecule has 8 heteroatoms. The number of nitrogens with zero attached hydrogens (tertiary/aromatic N) is 2. The van der Waals surface area contributed by atoms with Crippen LogP contribution in [0, 0.1) is 11.6 Å². The number of carbonyl (C=O) groups excluding carboxylic acids is 1. The second kappa shape index (κ2) is 13.6. The van der Waals surface area contributed by atoms with Crippen LogP contribution in [-0.2, 0) is 6.42 Å². The van der Waals surface area contributed by atoms with Gasteiger partial charge in [0.25, 0.3) is 5.91 Å². The summed E-state index contributed by atoms with van der Waals surface area (Å²) in [7, 11) is 0. The molecule has 0 radical (unpaired) electrons. The normalized spacial score (nSPS) is 14.5. The van der Waals surface area contributed by atoms with Crippen molar-refractivity contribution >= 4 is 28.6 Å². The molecule has 0 saturated carbocycles. The molecule has 5 nitrogen and oxygen atoms in total. The molecule has 2 heterocycles. The lowest BCUT2D eigenvalue weighted by atomic mass is 9.87. The van der Waals surface area contributed by atoms with Gasteiger partial charge in [0.15, 0.2) is 0 Å². The highest BCUT2D eigenvalue weighted by atomic mass is 32.2. The summed E-state index contributed by atoms with van der Waals surface area (Å²) in [6.07, 6.45) is 4.00. The number of carbonyl (C=O) groups is 1. The van der Waals surface area contributed by atoms with Gasteiger partial charge < -0.3 is 19.9 Å². The molecular formula is C33H37F2N3O2S. The van der Waals surface area contributed by atoms with Gasteiger partial charge in [-0.1, -0.05) is 6.92 Å². The monoisotopic (exact) mass is 577 g/mol. The molecular weight excluding hydrogens is 540 g/mol. The first-order valence-electron chi connectivity index (χ1n) is 14.4. The van der Waals surface area contributed by atoms with Gasteiger partial charge in [-0.05, 0) is 129 Å². The fourth-order valence-corrected chi connectivity index (χ4v) is 6.76. The third-order valence-corrected chi connectivity index (χ3v) is 8.99. The third kappa shape index (κ3) is 6.83. The highest BCUT2D eigenvalue weighted by molar-refractivity contribution is 7.99. The molecule has 0 bridgehead atoms. The number of hydrogen-bond donors (Lipinski definition) is 2. The van der Waals surface area contributed by atoms with Crippen molar-refractivity contribution in [2.24, 2.45) is 0 Å². The van der Waals surface area contributed by atoms with Gasteiger partial charge >= 0.3 is 0 Å². The van der Waals surface area contributed by atoms with Crippen LogP contribution in [0.15, 0.2) is 71.6 Å². The molecule has 216 valence electrons. The molecule has 1 amide bonds. The Bertz CT molecular complexity index is 1460. The number of likely N-dealkylation sites (tertiary alicyclic amines) is 1. The van der Waals surface area contributed by atoms with Crippen LogP contribution in [-0.4, -0.2) is 59.0 Å². The van der Waals surface area contributed by atoms with Crippen LogP contribution in [0.25, 0.3) is 16.6 Å². The second-order valence-corrected chi connectivity index (χ2v) is 11.7. The highest BCUT2D eigenvalue weighted by Gasteiger charge is 2.27. The van der Waals surface area contributed by atoms with E-state index in [1.807, 2.05) is 30.3 Å². The molecule has 41 heavy (non-hydrogen) atoms. The van der Waals surface area contributed by atoms with Crippen LogP contribution in [0.3, 0.4) is 0 Å². The SMILES string of the molecule is CCc1c(C2CCN(CCCSc3ccc(F)cc3)CC2)c2ccc(F)cc2n1-c1ccc(C(=O)NCCO)cc1. The number of halogens is 2. The summed E-state index contributed by atoms with van der Waals surface area (Å²) in [6, 6.07) is 19.2. The highest BCUT2D eigenvalue weighted by Crippen LogP contribution is 2.40. The first-order chi connectivity index (χ1) is 20.0. The molecule has 2 N–H and O–H groups in total. The molecule has 0 atom stereocenters. The molecule has 0 aliphatic carbocycles. The first-order valence-corrected chi connectivity index (χ1v) is 15.4. The van der Waals surface area contributed by atoms with Crippen LogP contribution in [0.4, 0.5) is 8.78 Å². The average Bonchev–Trinajstić information content (AvgIpc) is 3.32. The molecule has 3 aromatic carbocycles. The summed E-state index contributed by atoms with van der Waals surface area (Å²) >= 11 is 1.77. The van der Waals surface area contributed by atoms with Gasteiger partial charge in [-0.25, -0.2) is 8.78 Å². The zero-order valence-corrected chi connectivity index (χ0v) is 24.2. The van der Waals surface area contributed by atoms with Gasteiger partial charge in [-0.2, -0.15) is 0 Å². The minimum atomic E-state index is -0.265. The summed E-state index contributed by atoms with van der Waals surface area (Å²) in [5.41, 5.74) is 4.79. The molecule has 1 saturated heterocycles. The number of nitrogens with one attached hydrogen (secondary N) is 1. The number of amides is 1. The molecule has 0 unspecified atom stereocenters. The Hall–Kier alpha value is -3.20. The lowest BCUT2D eigenvalue weighted by Gasteiger charge is -2.32. The smallest absolute Gasteiger partial charge is 0.251 e. The maximum absolute atomic E-state index is 14.5. The number of rotatable bonds is 11. The first kappa shape index (κ1) is 29.3. The van der Waals surface area contributed by atoms with E-state index < -0.39 is 0 Å². The van der Waals surface area contributed by atoms with E-state index in [-0.39, 0.29) is 30.7 Å². The third-order valence-electron chi connectivity index (χ3n) is 7.89. The topological polar surface area (TPSA) is 57.5 Å². The Balaban J connectivity index is 1.30. The van der Waals surface area contributed by atoms with Gasteiger partial charge in [0.2, 0.25) is 0 Å². The van der Waals surface area contributed by atoms with Crippen LogP contribution >= 0.6 is 11.8 Å². The summed E-state index contributed by atoms with van der Waals surface area (Å²) in [5, 5.41) is 12.8. The van der Waals surface area contributed by atoms with E-state index in [0.29, 0.717) is 11.5 Å². The van der Waals surface area contributed by atoms with E-state index in [0.717, 1.165) is 72.6 Å². The molecule has 5 rings (SSSR count). The fraction of sp³-hybridized carbons (Fsp3) is 0.364. The van der Waals surface area contributed by atoms with Gasteiger partial charge in [-0.15, -0.1) is 11.8 Å². The zero-order chi connectivity index (χ0) is 28.8. The van der Waals surface area contributed by atoms with Crippen LogP contribution in [0.5, 0.6) is 0 Å². The fourth-order valence-electron chi connectivity index (χ4n) is 5.93. The van der Waals surface area contributed by atoms with Crippen LogP contribution in [0.2, 0.25) is 0 Å². The quantitative estimate of drug-likeness (QED) is 0.157. The summed E-state index contributed by atoms with van der Waals surface area (Å²) in [4.78, 5) is 16.0. The molecule has 1 aliphatic heterocycles. The molecule has 1 aromatic heterocycles. The van der Waals surface area contributed by atoms with Crippen LogP contribution < -0.4 is 5.32 Å². The number of aromatic nitrogens is 1. The number of thioether (sulfide) groups is 1. The Labute approximate surface area is 244 Å². The average molecular weight is 578 g/mol. The summed E-state index contributed by atoms with van der Waals surface area (Å²) in [5.74, 6) is 0.707. The number of benzene rings is 3. The van der Waals surface area contributed by atoms with E-state index in [1.54, 1.807) is 36.0 Å². The Morgan fingerprint density at radius 2 is 1.71 bits per heavy atom. The maximum Gasteiger partial charge on any atom is 0.251 e. The zero-order valence-electron chi connectivity index (χ0n) is 23.4. The number of aliphatic hydroxyl groups excluding tert-OH is 1.